The Labute approximate surface area is 254 Å². The van der Waals surface area contributed by atoms with Gasteiger partial charge in [-0.1, -0.05) is 48.5 Å². The number of hydrogen-bond acceptors (Lipinski definition) is 5. The number of halogens is 2. The van der Waals surface area contributed by atoms with E-state index in [9.17, 15) is 27.7 Å². The molecular formula is C31H37F2N4O6P. The lowest BCUT2D eigenvalue weighted by Gasteiger charge is -2.37. The van der Waals surface area contributed by atoms with Gasteiger partial charge in [-0.15, -0.1) is 0 Å². The van der Waals surface area contributed by atoms with Gasteiger partial charge in [-0.05, 0) is 73.9 Å². The molecular weight excluding hydrogens is 593 g/mol. The van der Waals surface area contributed by atoms with Crippen molar-refractivity contribution in [2.45, 2.75) is 56.4 Å². The maximum absolute atomic E-state index is 14.0. The summed E-state index contributed by atoms with van der Waals surface area (Å²) < 4.78 is 39.1. The van der Waals surface area contributed by atoms with Gasteiger partial charge in [0.05, 0.1) is 0 Å². The van der Waals surface area contributed by atoms with Crippen LogP contribution in [0.1, 0.15) is 47.9 Å². The molecule has 44 heavy (non-hydrogen) atoms. The molecule has 10 nitrogen and oxygen atoms in total. The highest BCUT2D eigenvalue weighted by Gasteiger charge is 2.50. The van der Waals surface area contributed by atoms with Gasteiger partial charge in [-0.25, -0.2) is 0 Å². The van der Waals surface area contributed by atoms with E-state index < -0.39 is 36.8 Å². The summed E-state index contributed by atoms with van der Waals surface area (Å²) in [6.07, 6.45) is 5.92. The predicted octanol–water partition coefficient (Wildman–Crippen LogP) is 2.99. The average molecular weight is 631 g/mol. The largest absolute Gasteiger partial charge is 0.399 e. The Morgan fingerprint density at radius 3 is 2.36 bits per heavy atom. The fraction of sp³-hybridized carbons (Fsp3) is 0.452. The highest BCUT2D eigenvalue weighted by atomic mass is 31.2. The highest BCUT2D eigenvalue weighted by molar-refractivity contribution is 7.52. The SMILES string of the molecule is O=C(/C=C/c1ccc(C(F)(F)P(=O)(O)O)cc1)NC(C(=O)N1CCCC1C(=O)N1CCc2ccccc2C1)C1CCNCC1. The number of benzene rings is 2. The molecule has 3 amide bonds. The van der Waals surface area contributed by atoms with Crippen LogP contribution >= 0.6 is 7.60 Å². The number of nitrogens with one attached hydrogen (secondary N) is 2. The molecule has 2 saturated heterocycles. The van der Waals surface area contributed by atoms with Crippen molar-refractivity contribution in [3.05, 3.63) is 76.9 Å². The molecule has 2 fully saturated rings. The summed E-state index contributed by atoms with van der Waals surface area (Å²) in [6, 6.07) is 10.8. The monoisotopic (exact) mass is 630 g/mol. The highest BCUT2D eigenvalue weighted by Crippen LogP contribution is 2.59. The second-order valence-electron chi connectivity index (χ2n) is 11.6. The summed E-state index contributed by atoms with van der Waals surface area (Å²) in [5, 5.41) is 6.11. The van der Waals surface area contributed by atoms with E-state index in [1.165, 1.54) is 29.8 Å². The Morgan fingerprint density at radius 2 is 1.68 bits per heavy atom. The third kappa shape index (κ3) is 6.94. The normalized spacial score (nSPS) is 20.4. The summed E-state index contributed by atoms with van der Waals surface area (Å²) in [4.78, 5) is 62.1. The number of rotatable bonds is 8. The first-order valence-electron chi connectivity index (χ1n) is 14.8. The molecule has 3 heterocycles. The number of carbonyl (C=O) groups excluding carboxylic acids is 3. The van der Waals surface area contributed by atoms with Gasteiger partial charge in [0.1, 0.15) is 12.1 Å². The van der Waals surface area contributed by atoms with Gasteiger partial charge in [0, 0.05) is 31.3 Å². The van der Waals surface area contributed by atoms with Gasteiger partial charge in [-0.2, -0.15) is 8.78 Å². The molecule has 2 aromatic rings. The van der Waals surface area contributed by atoms with E-state index >= 15 is 0 Å². The number of hydrogen-bond donors (Lipinski definition) is 4. The first-order chi connectivity index (χ1) is 21.0. The molecule has 5 rings (SSSR count). The number of likely N-dealkylation sites (tertiary alicyclic amines) is 1. The molecule has 2 aromatic carbocycles. The van der Waals surface area contributed by atoms with Crippen LogP contribution in [0.15, 0.2) is 54.6 Å². The van der Waals surface area contributed by atoms with Crippen molar-refractivity contribution in [3.63, 3.8) is 0 Å². The van der Waals surface area contributed by atoms with Gasteiger partial charge in [0.25, 0.3) is 0 Å². The van der Waals surface area contributed by atoms with Gasteiger partial charge in [-0.3, -0.25) is 18.9 Å². The van der Waals surface area contributed by atoms with Crippen molar-refractivity contribution in [1.29, 1.82) is 0 Å². The van der Waals surface area contributed by atoms with Gasteiger partial charge >= 0.3 is 13.3 Å². The van der Waals surface area contributed by atoms with Crippen molar-refractivity contribution in [2.24, 2.45) is 5.92 Å². The molecule has 4 N–H and O–H groups in total. The maximum atomic E-state index is 14.0. The topological polar surface area (TPSA) is 139 Å². The fourth-order valence-electron chi connectivity index (χ4n) is 6.26. The molecule has 0 aromatic heterocycles. The molecule has 0 saturated carbocycles. The fourth-order valence-corrected chi connectivity index (χ4v) is 6.74. The van der Waals surface area contributed by atoms with Crippen LogP contribution in [0.4, 0.5) is 8.78 Å². The minimum Gasteiger partial charge on any atom is -0.340 e. The molecule has 0 bridgehead atoms. The zero-order valence-electron chi connectivity index (χ0n) is 24.2. The van der Waals surface area contributed by atoms with Crippen LogP contribution in [0.2, 0.25) is 0 Å². The van der Waals surface area contributed by atoms with Crippen LogP contribution in [0.3, 0.4) is 0 Å². The van der Waals surface area contributed by atoms with Crippen LogP contribution in [-0.2, 0) is 37.6 Å². The molecule has 2 unspecified atom stereocenters. The van der Waals surface area contributed by atoms with E-state index in [4.69, 9.17) is 9.79 Å². The van der Waals surface area contributed by atoms with Crippen molar-refractivity contribution < 1.29 is 37.5 Å². The zero-order valence-corrected chi connectivity index (χ0v) is 25.1. The minimum absolute atomic E-state index is 0.0755. The summed E-state index contributed by atoms with van der Waals surface area (Å²) in [5.41, 5.74) is -2.48. The average Bonchev–Trinajstić information content (AvgIpc) is 3.52. The first kappa shape index (κ1) is 32.0. The van der Waals surface area contributed by atoms with Gasteiger partial charge < -0.3 is 30.2 Å². The lowest BCUT2D eigenvalue weighted by molar-refractivity contribution is -0.147. The summed E-state index contributed by atoms with van der Waals surface area (Å²) in [6.45, 7) is 2.91. The number of alkyl halides is 2. The molecule has 3 aliphatic heterocycles. The van der Waals surface area contributed by atoms with Crippen molar-refractivity contribution >= 4 is 31.4 Å². The Hall–Kier alpha value is -3.44. The molecule has 0 radical (unpaired) electrons. The number of carbonyl (C=O) groups is 3. The molecule has 2 atom stereocenters. The Kier molecular flexibility index (Phi) is 9.65. The van der Waals surface area contributed by atoms with Crippen molar-refractivity contribution in [1.82, 2.24) is 20.4 Å². The van der Waals surface area contributed by atoms with Crippen molar-refractivity contribution in [3.8, 4) is 0 Å². The van der Waals surface area contributed by atoms with Crippen LogP contribution in [-0.4, -0.2) is 75.6 Å². The van der Waals surface area contributed by atoms with Crippen LogP contribution in [0.5, 0.6) is 0 Å². The molecule has 3 aliphatic rings. The van der Waals surface area contributed by atoms with E-state index in [0.717, 1.165) is 24.1 Å². The summed E-state index contributed by atoms with van der Waals surface area (Å²) >= 11 is 0. The second-order valence-corrected chi connectivity index (χ2v) is 13.2. The Balaban J connectivity index is 1.28. The smallest absolute Gasteiger partial charge is 0.340 e. The lowest BCUT2D eigenvalue weighted by atomic mass is 9.89. The van der Waals surface area contributed by atoms with Crippen LogP contribution in [0, 0.1) is 5.92 Å². The van der Waals surface area contributed by atoms with E-state index in [1.807, 2.05) is 23.1 Å². The minimum atomic E-state index is -5.70. The molecule has 236 valence electrons. The van der Waals surface area contributed by atoms with Crippen LogP contribution < -0.4 is 10.6 Å². The molecule has 13 heteroatoms. The number of amides is 3. The quantitative estimate of drug-likeness (QED) is 0.260. The number of fused-ring (bicyclic) bond motifs is 1. The van der Waals surface area contributed by atoms with E-state index in [1.54, 1.807) is 4.90 Å². The third-order valence-corrected chi connectivity index (χ3v) is 9.72. The van der Waals surface area contributed by atoms with Gasteiger partial charge in [0.15, 0.2) is 0 Å². The zero-order chi connectivity index (χ0) is 31.5. The summed E-state index contributed by atoms with van der Waals surface area (Å²) in [5.74, 6) is -1.04. The maximum Gasteiger partial charge on any atom is 0.399 e. The Bertz CT molecular complexity index is 1460. The standard InChI is InChI=1S/C31H37F2N4O6P/c32-31(33,44(41,42)43)25-10-7-21(8-11-25)9-12-27(38)35-28(23-13-16-34-17-14-23)30(40)37-18-3-6-26(37)29(39)36-19-15-22-4-1-2-5-24(22)20-36/h1-2,4-5,7-12,23,26,28,34H,3,6,13-20H2,(H,35,38)(H2,41,42,43)/b12-9+. The second kappa shape index (κ2) is 13.3. The van der Waals surface area contributed by atoms with E-state index in [-0.39, 0.29) is 17.7 Å². The lowest BCUT2D eigenvalue weighted by Crippen LogP contribution is -2.57. The van der Waals surface area contributed by atoms with Crippen molar-refractivity contribution in [2.75, 3.05) is 26.2 Å². The number of piperidine rings is 1. The summed E-state index contributed by atoms with van der Waals surface area (Å²) in [7, 11) is -5.70. The van der Waals surface area contributed by atoms with Crippen LogP contribution in [0.25, 0.3) is 6.08 Å². The first-order valence-corrected chi connectivity index (χ1v) is 16.5. The molecule has 0 spiro atoms. The van der Waals surface area contributed by atoms with E-state index in [2.05, 4.69) is 16.7 Å². The predicted molar refractivity (Wildman–Crippen MR) is 159 cm³/mol. The number of nitrogens with zero attached hydrogens (tertiary/aromatic N) is 2. The third-order valence-electron chi connectivity index (χ3n) is 8.73. The molecule has 0 aliphatic carbocycles. The van der Waals surface area contributed by atoms with E-state index in [0.29, 0.717) is 64.0 Å². The Morgan fingerprint density at radius 1 is 1.00 bits per heavy atom. The van der Waals surface area contributed by atoms with Gasteiger partial charge in [0.2, 0.25) is 17.7 Å².